The van der Waals surface area contributed by atoms with Gasteiger partial charge < -0.3 is 19.9 Å². The molecule has 2 aliphatic heterocycles. The Labute approximate surface area is 145 Å². The highest BCUT2D eigenvalue weighted by Crippen LogP contribution is 2.19. The molecule has 5 heteroatoms. The fraction of sp³-hybridized carbons (Fsp3) is 0.632. The van der Waals surface area contributed by atoms with Crippen LogP contribution >= 0.6 is 0 Å². The molecule has 0 spiro atoms. The number of ether oxygens (including phenoxy) is 1. The van der Waals surface area contributed by atoms with Gasteiger partial charge in [-0.2, -0.15) is 0 Å². The molecule has 1 amide bonds. The van der Waals surface area contributed by atoms with Gasteiger partial charge in [-0.1, -0.05) is 6.92 Å². The van der Waals surface area contributed by atoms with Crippen LogP contribution in [0.2, 0.25) is 0 Å². The number of nitrogens with one attached hydrogen (secondary N) is 1. The fourth-order valence-corrected chi connectivity index (χ4v) is 3.35. The molecule has 1 aromatic carbocycles. The van der Waals surface area contributed by atoms with Gasteiger partial charge in [-0.25, -0.2) is 0 Å². The Balaban J connectivity index is 1.42. The van der Waals surface area contributed by atoms with Gasteiger partial charge in [-0.3, -0.25) is 4.79 Å². The first kappa shape index (κ1) is 17.2. The lowest BCUT2D eigenvalue weighted by molar-refractivity contribution is -0.116. The van der Waals surface area contributed by atoms with E-state index in [1.807, 2.05) is 12.1 Å². The lowest BCUT2D eigenvalue weighted by Crippen LogP contribution is -2.36. The predicted molar refractivity (Wildman–Crippen MR) is 97.6 cm³/mol. The summed E-state index contributed by atoms with van der Waals surface area (Å²) in [4.78, 5) is 16.9. The number of hydrogen-bond acceptors (Lipinski definition) is 4. The van der Waals surface area contributed by atoms with Crippen LogP contribution in [-0.4, -0.2) is 56.7 Å². The quantitative estimate of drug-likeness (QED) is 0.901. The van der Waals surface area contributed by atoms with Gasteiger partial charge in [0, 0.05) is 37.4 Å². The molecule has 1 N–H and O–H groups in total. The molecule has 0 aromatic heterocycles. The number of piperidine rings is 1. The molecule has 0 atom stereocenters. The Morgan fingerprint density at radius 2 is 1.79 bits per heavy atom. The maximum absolute atomic E-state index is 12.1. The molecule has 3 rings (SSSR count). The minimum absolute atomic E-state index is 0.104. The average molecular weight is 331 g/mol. The van der Waals surface area contributed by atoms with E-state index in [1.54, 1.807) is 0 Å². The Morgan fingerprint density at radius 3 is 2.46 bits per heavy atom. The van der Waals surface area contributed by atoms with Gasteiger partial charge in [0.25, 0.3) is 0 Å². The minimum atomic E-state index is 0.104. The zero-order chi connectivity index (χ0) is 16.8. The van der Waals surface area contributed by atoms with Crippen molar-refractivity contribution >= 4 is 17.3 Å². The average Bonchev–Trinajstić information content (AvgIpc) is 2.63. The van der Waals surface area contributed by atoms with Crippen molar-refractivity contribution in [1.29, 1.82) is 0 Å². The van der Waals surface area contributed by atoms with E-state index in [-0.39, 0.29) is 5.91 Å². The highest BCUT2D eigenvalue weighted by atomic mass is 16.5. The largest absolute Gasteiger partial charge is 0.378 e. The Kier molecular flexibility index (Phi) is 6.10. The van der Waals surface area contributed by atoms with E-state index in [9.17, 15) is 4.79 Å². The molecular weight excluding hydrogens is 302 g/mol. The summed E-state index contributed by atoms with van der Waals surface area (Å²) >= 11 is 0. The van der Waals surface area contributed by atoms with Crippen LogP contribution in [0.3, 0.4) is 0 Å². The molecule has 2 aliphatic rings. The van der Waals surface area contributed by atoms with Crippen LogP contribution in [0.5, 0.6) is 0 Å². The molecule has 2 heterocycles. The Morgan fingerprint density at radius 1 is 1.12 bits per heavy atom. The van der Waals surface area contributed by atoms with Crippen molar-refractivity contribution in [3.05, 3.63) is 24.3 Å². The van der Waals surface area contributed by atoms with Crippen LogP contribution in [0.4, 0.5) is 11.4 Å². The lowest BCUT2D eigenvalue weighted by atomic mass is 9.99. The summed E-state index contributed by atoms with van der Waals surface area (Å²) in [7, 11) is 0. The van der Waals surface area contributed by atoms with Gasteiger partial charge >= 0.3 is 0 Å². The molecular formula is C19H29N3O2. The summed E-state index contributed by atoms with van der Waals surface area (Å²) in [6.45, 7) is 8.86. The first-order chi connectivity index (χ1) is 11.7. The second kappa shape index (κ2) is 8.49. The van der Waals surface area contributed by atoms with Crippen LogP contribution in [0, 0.1) is 5.92 Å². The van der Waals surface area contributed by atoms with Gasteiger partial charge in [0.15, 0.2) is 0 Å². The topological polar surface area (TPSA) is 44.8 Å². The molecule has 0 unspecified atom stereocenters. The fourth-order valence-electron chi connectivity index (χ4n) is 3.35. The number of anilines is 2. The summed E-state index contributed by atoms with van der Waals surface area (Å²) in [5.41, 5.74) is 2.07. The third-order valence-corrected chi connectivity index (χ3v) is 5.06. The zero-order valence-corrected chi connectivity index (χ0v) is 14.7. The summed E-state index contributed by atoms with van der Waals surface area (Å²) in [5.74, 6) is 0.938. The van der Waals surface area contributed by atoms with Crippen molar-refractivity contribution in [3.63, 3.8) is 0 Å². The number of carbonyl (C=O) groups is 1. The summed E-state index contributed by atoms with van der Waals surface area (Å²) < 4.78 is 5.38. The molecule has 132 valence electrons. The number of hydrogen-bond donors (Lipinski definition) is 1. The molecule has 2 fully saturated rings. The number of morpholine rings is 1. The maximum Gasteiger partial charge on any atom is 0.225 e. The second-order valence-electron chi connectivity index (χ2n) is 6.97. The van der Waals surface area contributed by atoms with Gasteiger partial charge in [0.2, 0.25) is 5.91 Å². The highest BCUT2D eigenvalue weighted by molar-refractivity contribution is 5.91. The van der Waals surface area contributed by atoms with Crippen LogP contribution < -0.4 is 10.2 Å². The number of amides is 1. The van der Waals surface area contributed by atoms with Gasteiger partial charge in [0.05, 0.1) is 13.2 Å². The third-order valence-electron chi connectivity index (χ3n) is 5.06. The van der Waals surface area contributed by atoms with Crippen molar-refractivity contribution in [2.24, 2.45) is 5.92 Å². The molecule has 1 aromatic rings. The van der Waals surface area contributed by atoms with Crippen molar-refractivity contribution in [3.8, 4) is 0 Å². The van der Waals surface area contributed by atoms with E-state index < -0.39 is 0 Å². The summed E-state index contributed by atoms with van der Waals surface area (Å²) in [6.07, 6.45) is 3.08. The molecule has 0 saturated carbocycles. The van der Waals surface area contributed by atoms with Crippen molar-refractivity contribution in [2.75, 3.05) is 56.2 Å². The number of rotatable bonds is 5. The van der Waals surface area contributed by atoms with E-state index in [0.717, 1.165) is 57.5 Å². The van der Waals surface area contributed by atoms with Crippen LogP contribution in [0.15, 0.2) is 24.3 Å². The smallest absolute Gasteiger partial charge is 0.225 e. The maximum atomic E-state index is 12.1. The standard InChI is InChI=1S/C19H29N3O2/c1-16-6-9-21(10-7-16)11-8-19(23)20-17-2-4-18(5-3-17)22-12-14-24-15-13-22/h2-5,16H,6-15H2,1H3,(H,20,23). The van der Waals surface area contributed by atoms with Crippen LogP contribution in [-0.2, 0) is 9.53 Å². The van der Waals surface area contributed by atoms with E-state index in [4.69, 9.17) is 4.74 Å². The first-order valence-corrected chi connectivity index (χ1v) is 9.15. The molecule has 0 aliphatic carbocycles. The van der Waals surface area contributed by atoms with E-state index >= 15 is 0 Å². The zero-order valence-electron chi connectivity index (χ0n) is 14.7. The van der Waals surface area contributed by atoms with Crippen molar-refractivity contribution in [2.45, 2.75) is 26.2 Å². The second-order valence-corrected chi connectivity index (χ2v) is 6.97. The molecule has 5 nitrogen and oxygen atoms in total. The molecule has 0 radical (unpaired) electrons. The van der Waals surface area contributed by atoms with Crippen LogP contribution in [0.1, 0.15) is 26.2 Å². The van der Waals surface area contributed by atoms with Gasteiger partial charge in [-0.15, -0.1) is 0 Å². The molecule has 2 saturated heterocycles. The predicted octanol–water partition coefficient (Wildman–Crippen LogP) is 2.58. The number of carbonyl (C=O) groups excluding carboxylic acids is 1. The minimum Gasteiger partial charge on any atom is -0.378 e. The van der Waals surface area contributed by atoms with Crippen molar-refractivity contribution < 1.29 is 9.53 Å². The van der Waals surface area contributed by atoms with E-state index in [2.05, 4.69) is 34.2 Å². The normalized spacial score (nSPS) is 20.1. The number of benzene rings is 1. The monoisotopic (exact) mass is 331 g/mol. The van der Waals surface area contributed by atoms with Gasteiger partial charge in [0.1, 0.15) is 0 Å². The highest BCUT2D eigenvalue weighted by Gasteiger charge is 2.16. The Bertz CT molecular complexity index is 518. The van der Waals surface area contributed by atoms with Crippen LogP contribution in [0.25, 0.3) is 0 Å². The first-order valence-electron chi connectivity index (χ1n) is 9.15. The molecule has 24 heavy (non-hydrogen) atoms. The van der Waals surface area contributed by atoms with Crippen molar-refractivity contribution in [1.82, 2.24) is 4.90 Å². The SMILES string of the molecule is CC1CCN(CCC(=O)Nc2ccc(N3CCOCC3)cc2)CC1. The number of likely N-dealkylation sites (tertiary alicyclic amines) is 1. The van der Waals surface area contributed by atoms with E-state index in [1.165, 1.54) is 18.5 Å². The third kappa shape index (κ3) is 4.95. The Hall–Kier alpha value is -1.59. The number of nitrogens with zero attached hydrogens (tertiary/aromatic N) is 2. The molecule has 0 bridgehead atoms. The summed E-state index contributed by atoms with van der Waals surface area (Å²) in [6, 6.07) is 8.14. The lowest BCUT2D eigenvalue weighted by Gasteiger charge is -2.30. The summed E-state index contributed by atoms with van der Waals surface area (Å²) in [5, 5.41) is 3.01. The van der Waals surface area contributed by atoms with Gasteiger partial charge in [-0.05, 0) is 56.1 Å². The van der Waals surface area contributed by atoms with E-state index in [0.29, 0.717) is 6.42 Å².